The van der Waals surface area contributed by atoms with Gasteiger partial charge in [0.25, 0.3) is 7.28 Å². The molecule has 37 heavy (non-hydrogen) atoms. The standard InChI is InChI=1S/C26H30BF3N4O3/c1-15(2)11-20(24(35)34-25(32)7-8-25)33-23(26(28,29)30)16-3-5-18-19-13-17(36-10-9-27-14-31)4-6-21(19)37-22(18)12-16/h3-6,12-13,15,20,23,27,33H,7-11,32H2,1-2H3,(H,34,35). The maximum Gasteiger partial charge on any atom is 0.407 e. The molecule has 2 atom stereocenters. The van der Waals surface area contributed by atoms with Crippen molar-refractivity contribution < 1.29 is 27.1 Å². The van der Waals surface area contributed by atoms with E-state index in [-0.39, 0.29) is 17.9 Å². The van der Waals surface area contributed by atoms with Crippen molar-refractivity contribution in [3.63, 3.8) is 0 Å². The van der Waals surface area contributed by atoms with E-state index in [1.807, 2.05) is 13.8 Å². The number of nitriles is 1. The molecule has 3 aromatic rings. The van der Waals surface area contributed by atoms with Gasteiger partial charge in [-0.1, -0.05) is 26.0 Å². The van der Waals surface area contributed by atoms with Gasteiger partial charge in [0, 0.05) is 10.8 Å². The van der Waals surface area contributed by atoms with Gasteiger partial charge in [0.15, 0.2) is 0 Å². The van der Waals surface area contributed by atoms with E-state index in [1.54, 1.807) is 24.3 Å². The van der Waals surface area contributed by atoms with Crippen LogP contribution in [-0.2, 0) is 4.79 Å². The lowest BCUT2D eigenvalue weighted by Gasteiger charge is -2.29. The molecule has 0 spiro atoms. The first-order valence-electron chi connectivity index (χ1n) is 12.4. The topological polar surface area (TPSA) is 113 Å². The third-order valence-corrected chi connectivity index (χ3v) is 6.38. The van der Waals surface area contributed by atoms with Gasteiger partial charge >= 0.3 is 6.18 Å². The summed E-state index contributed by atoms with van der Waals surface area (Å²) in [5.41, 5.74) is 5.91. The van der Waals surface area contributed by atoms with Crippen LogP contribution >= 0.6 is 0 Å². The van der Waals surface area contributed by atoms with Gasteiger partial charge in [-0.25, -0.2) is 5.26 Å². The number of carbonyl (C=O) groups excluding carboxylic acids is 1. The summed E-state index contributed by atoms with van der Waals surface area (Å²) in [7, 11) is 0.390. The van der Waals surface area contributed by atoms with E-state index in [1.165, 1.54) is 12.1 Å². The van der Waals surface area contributed by atoms with Crippen LogP contribution in [0.25, 0.3) is 21.9 Å². The second-order valence-corrected chi connectivity index (χ2v) is 10.1. The molecular formula is C26H30BF3N4O3. The summed E-state index contributed by atoms with van der Waals surface area (Å²) < 4.78 is 54.3. The number of nitrogens with one attached hydrogen (secondary N) is 2. The highest BCUT2D eigenvalue weighted by atomic mass is 19.4. The first-order chi connectivity index (χ1) is 17.5. The Kier molecular flexibility index (Phi) is 7.71. The second-order valence-electron chi connectivity index (χ2n) is 10.1. The molecule has 1 fully saturated rings. The molecule has 4 rings (SSSR count). The average Bonchev–Trinajstić information content (AvgIpc) is 3.43. The van der Waals surface area contributed by atoms with Crippen molar-refractivity contribution in [2.45, 2.75) is 63.4 Å². The zero-order valence-corrected chi connectivity index (χ0v) is 20.8. The summed E-state index contributed by atoms with van der Waals surface area (Å²) in [4.78, 5) is 12.8. The Balaban J connectivity index is 1.61. The van der Waals surface area contributed by atoms with Gasteiger partial charge in [-0.05, 0) is 67.3 Å². The molecule has 1 heterocycles. The molecule has 0 bridgehead atoms. The molecule has 2 unspecified atom stereocenters. The van der Waals surface area contributed by atoms with Crippen molar-refractivity contribution in [3.8, 4) is 11.7 Å². The Morgan fingerprint density at radius 2 is 1.97 bits per heavy atom. The molecule has 7 nitrogen and oxygen atoms in total. The number of amides is 1. The largest absolute Gasteiger partial charge is 0.494 e. The van der Waals surface area contributed by atoms with E-state index >= 15 is 0 Å². The summed E-state index contributed by atoms with van der Waals surface area (Å²) in [5.74, 6) is 2.10. The molecule has 0 saturated heterocycles. The molecule has 196 valence electrons. The van der Waals surface area contributed by atoms with E-state index < -0.39 is 29.8 Å². The number of nitrogens with zero attached hydrogens (tertiary/aromatic N) is 1. The smallest absolute Gasteiger partial charge is 0.407 e. The molecule has 0 aliphatic heterocycles. The lowest BCUT2D eigenvalue weighted by molar-refractivity contribution is -0.161. The number of rotatable bonds is 11. The van der Waals surface area contributed by atoms with Gasteiger partial charge in [0.1, 0.15) is 23.0 Å². The maximum absolute atomic E-state index is 14.3. The number of alkyl halides is 3. The number of benzene rings is 2. The predicted molar refractivity (Wildman–Crippen MR) is 136 cm³/mol. The molecular weight excluding hydrogens is 484 g/mol. The SMILES string of the molecule is CC(C)CC(NC(c1ccc2c(c1)oc1ccc(OCCBC#N)cc12)C(F)(F)F)C(=O)NC1(N)CC1. The Morgan fingerprint density at radius 1 is 1.22 bits per heavy atom. The maximum atomic E-state index is 14.3. The molecule has 1 amide bonds. The molecule has 11 heteroatoms. The lowest BCUT2D eigenvalue weighted by Crippen LogP contribution is -2.54. The fourth-order valence-corrected chi connectivity index (χ4v) is 4.28. The van der Waals surface area contributed by atoms with Crippen molar-refractivity contribution in [2.24, 2.45) is 11.7 Å². The van der Waals surface area contributed by atoms with Crippen LogP contribution in [-0.4, -0.2) is 37.7 Å². The quantitative estimate of drug-likeness (QED) is 0.198. The average molecular weight is 514 g/mol. The van der Waals surface area contributed by atoms with Crippen molar-refractivity contribution in [1.82, 2.24) is 10.6 Å². The van der Waals surface area contributed by atoms with Crippen molar-refractivity contribution in [3.05, 3.63) is 42.0 Å². The Bertz CT molecular complexity index is 1310. The minimum atomic E-state index is -4.65. The lowest BCUT2D eigenvalue weighted by atomic mass is 9.78. The zero-order valence-electron chi connectivity index (χ0n) is 20.8. The minimum absolute atomic E-state index is 0.0146. The van der Waals surface area contributed by atoms with E-state index in [0.29, 0.717) is 60.7 Å². The predicted octanol–water partition coefficient (Wildman–Crippen LogP) is 4.47. The highest BCUT2D eigenvalue weighted by molar-refractivity contribution is 6.45. The number of hydrogen-bond donors (Lipinski definition) is 3. The monoisotopic (exact) mass is 514 g/mol. The third-order valence-electron chi connectivity index (χ3n) is 6.38. The highest BCUT2D eigenvalue weighted by Crippen LogP contribution is 2.38. The molecule has 2 aromatic carbocycles. The summed E-state index contributed by atoms with van der Waals surface area (Å²) in [6.45, 7) is 4.08. The fourth-order valence-electron chi connectivity index (χ4n) is 4.28. The van der Waals surface area contributed by atoms with Crippen molar-refractivity contribution >= 4 is 35.1 Å². The Hall–Kier alpha value is -3.23. The highest BCUT2D eigenvalue weighted by Gasteiger charge is 2.45. The number of ether oxygens (including phenoxy) is 1. The van der Waals surface area contributed by atoms with Crippen LogP contribution in [0, 0.1) is 17.1 Å². The van der Waals surface area contributed by atoms with E-state index in [2.05, 4.69) is 16.6 Å². The van der Waals surface area contributed by atoms with Gasteiger partial charge in [-0.3, -0.25) is 10.1 Å². The fraction of sp³-hybridized carbons (Fsp3) is 0.462. The third kappa shape index (κ3) is 6.56. The summed E-state index contributed by atoms with van der Waals surface area (Å²) in [6, 6.07) is 6.41. The number of furan rings is 1. The van der Waals surface area contributed by atoms with E-state index in [0.717, 1.165) is 0 Å². The van der Waals surface area contributed by atoms with Gasteiger partial charge in [0.05, 0.1) is 18.3 Å². The van der Waals surface area contributed by atoms with Crippen LogP contribution < -0.4 is 21.1 Å². The molecule has 1 saturated carbocycles. The number of halogens is 3. The number of nitrogens with two attached hydrogens (primary N) is 1. The Labute approximate surface area is 213 Å². The summed E-state index contributed by atoms with van der Waals surface area (Å²) in [6.07, 6.45) is -2.63. The second kappa shape index (κ2) is 10.6. The molecule has 1 aliphatic rings. The number of hydrogen-bond acceptors (Lipinski definition) is 6. The van der Waals surface area contributed by atoms with Crippen LogP contribution in [0.5, 0.6) is 5.75 Å². The van der Waals surface area contributed by atoms with Crippen molar-refractivity contribution in [1.29, 1.82) is 5.26 Å². The van der Waals surface area contributed by atoms with Crippen LogP contribution in [0.4, 0.5) is 13.2 Å². The summed E-state index contributed by atoms with van der Waals surface area (Å²) >= 11 is 0. The zero-order chi connectivity index (χ0) is 26.8. The minimum Gasteiger partial charge on any atom is -0.494 e. The van der Waals surface area contributed by atoms with Gasteiger partial charge in [-0.2, -0.15) is 13.2 Å². The van der Waals surface area contributed by atoms with E-state index in [4.69, 9.17) is 20.1 Å². The number of fused-ring (bicyclic) bond motifs is 3. The van der Waals surface area contributed by atoms with Crippen LogP contribution in [0.1, 0.15) is 44.7 Å². The van der Waals surface area contributed by atoms with Gasteiger partial charge < -0.3 is 20.2 Å². The first kappa shape index (κ1) is 26.8. The number of carbonyl (C=O) groups is 1. The van der Waals surface area contributed by atoms with Gasteiger partial charge in [0.2, 0.25) is 5.91 Å². The molecule has 4 N–H and O–H groups in total. The Morgan fingerprint density at radius 3 is 2.62 bits per heavy atom. The summed E-state index contributed by atoms with van der Waals surface area (Å²) in [5, 5.41) is 15.3. The van der Waals surface area contributed by atoms with Crippen LogP contribution in [0.3, 0.4) is 0 Å². The van der Waals surface area contributed by atoms with E-state index in [9.17, 15) is 18.0 Å². The van der Waals surface area contributed by atoms with Crippen LogP contribution in [0.2, 0.25) is 6.32 Å². The molecule has 1 aliphatic carbocycles. The first-order valence-corrected chi connectivity index (χ1v) is 12.4. The van der Waals surface area contributed by atoms with Crippen molar-refractivity contribution in [2.75, 3.05) is 6.61 Å². The van der Waals surface area contributed by atoms with Crippen LogP contribution in [0.15, 0.2) is 40.8 Å². The molecule has 0 radical (unpaired) electrons. The normalized spacial score (nSPS) is 16.4. The molecule has 1 aromatic heterocycles. The van der Waals surface area contributed by atoms with Gasteiger partial charge in [-0.15, -0.1) is 0 Å².